The minimum Gasteiger partial charge on any atom is -0.359 e. The molecule has 3 amide bonds. The molecule has 7 heteroatoms. The highest BCUT2D eigenvalue weighted by Gasteiger charge is 2.25. The van der Waals surface area contributed by atoms with E-state index < -0.39 is 0 Å². The highest BCUT2D eigenvalue weighted by atomic mass is 16.2. The molecule has 148 valence electrons. The number of aromatic nitrogens is 1. The number of nitrogens with one attached hydrogen (secondary N) is 3. The van der Waals surface area contributed by atoms with E-state index in [1.165, 1.54) is 0 Å². The standard InChI is InChI=1S/C21H27N5O2/c1-14-6-4-8-18(15(14)2)25-21(28)24-17-9-10-19(23-12-17)26-11-5-7-16(13-26)20(27)22-3/h4,6,8-10,12,16H,5,7,11,13H2,1-3H3,(H,22,27)(H2,24,25,28). The van der Waals surface area contributed by atoms with Crippen LogP contribution < -0.4 is 20.9 Å². The van der Waals surface area contributed by atoms with E-state index >= 15 is 0 Å². The van der Waals surface area contributed by atoms with Crippen LogP contribution in [0.5, 0.6) is 0 Å². The molecule has 1 aromatic heterocycles. The normalized spacial score (nSPS) is 16.4. The first kappa shape index (κ1) is 19.7. The molecule has 3 N–H and O–H groups in total. The molecule has 3 rings (SSSR count). The van der Waals surface area contributed by atoms with E-state index in [0.717, 1.165) is 42.0 Å². The van der Waals surface area contributed by atoms with Gasteiger partial charge >= 0.3 is 6.03 Å². The molecule has 0 aliphatic carbocycles. The van der Waals surface area contributed by atoms with E-state index in [0.29, 0.717) is 12.2 Å². The molecule has 1 aromatic carbocycles. The summed E-state index contributed by atoms with van der Waals surface area (Å²) in [6.07, 6.45) is 3.49. The lowest BCUT2D eigenvalue weighted by Gasteiger charge is -2.32. The summed E-state index contributed by atoms with van der Waals surface area (Å²) in [5.74, 6) is 0.877. The number of aryl methyl sites for hydroxylation is 1. The maximum absolute atomic E-state index is 12.3. The van der Waals surface area contributed by atoms with E-state index in [4.69, 9.17) is 0 Å². The summed E-state index contributed by atoms with van der Waals surface area (Å²) in [4.78, 5) is 30.8. The van der Waals surface area contributed by atoms with Gasteiger partial charge in [0.05, 0.1) is 17.8 Å². The Hall–Kier alpha value is -3.09. The average molecular weight is 381 g/mol. The average Bonchev–Trinajstić information content (AvgIpc) is 2.71. The van der Waals surface area contributed by atoms with Gasteiger partial charge in [-0.3, -0.25) is 4.79 Å². The fraction of sp³-hybridized carbons (Fsp3) is 0.381. The van der Waals surface area contributed by atoms with Gasteiger partial charge in [-0.2, -0.15) is 0 Å². The highest BCUT2D eigenvalue weighted by molar-refractivity contribution is 6.00. The van der Waals surface area contributed by atoms with E-state index in [1.807, 2.05) is 44.2 Å². The molecule has 2 aromatic rings. The summed E-state index contributed by atoms with van der Waals surface area (Å²) in [5, 5.41) is 8.40. The second kappa shape index (κ2) is 8.73. The predicted molar refractivity (Wildman–Crippen MR) is 112 cm³/mol. The smallest absolute Gasteiger partial charge is 0.323 e. The largest absolute Gasteiger partial charge is 0.359 e. The molecule has 1 atom stereocenters. The van der Waals surface area contributed by atoms with E-state index in [1.54, 1.807) is 13.2 Å². The maximum atomic E-state index is 12.3. The Kier molecular flexibility index (Phi) is 6.13. The molecule has 1 unspecified atom stereocenters. The third kappa shape index (κ3) is 4.60. The van der Waals surface area contributed by atoms with Crippen molar-refractivity contribution >= 4 is 29.1 Å². The molecular formula is C21H27N5O2. The molecule has 0 bridgehead atoms. The number of pyridine rings is 1. The van der Waals surface area contributed by atoms with E-state index in [2.05, 4.69) is 25.8 Å². The third-order valence-electron chi connectivity index (χ3n) is 5.22. The zero-order valence-corrected chi connectivity index (χ0v) is 16.6. The monoisotopic (exact) mass is 381 g/mol. The fourth-order valence-corrected chi connectivity index (χ4v) is 3.42. The number of piperidine rings is 1. The van der Waals surface area contributed by atoms with Crippen molar-refractivity contribution < 1.29 is 9.59 Å². The zero-order valence-electron chi connectivity index (χ0n) is 16.6. The van der Waals surface area contributed by atoms with Gasteiger partial charge in [0.2, 0.25) is 5.91 Å². The van der Waals surface area contributed by atoms with E-state index in [9.17, 15) is 9.59 Å². The lowest BCUT2D eigenvalue weighted by molar-refractivity contribution is -0.124. The third-order valence-corrected chi connectivity index (χ3v) is 5.22. The Bertz CT molecular complexity index is 850. The van der Waals surface area contributed by atoms with Crippen molar-refractivity contribution in [2.45, 2.75) is 26.7 Å². The van der Waals surface area contributed by atoms with Crippen molar-refractivity contribution in [2.24, 2.45) is 5.92 Å². The molecule has 2 heterocycles. The quantitative estimate of drug-likeness (QED) is 0.758. The van der Waals surface area contributed by atoms with Gasteiger partial charge in [0.15, 0.2) is 0 Å². The first-order valence-corrected chi connectivity index (χ1v) is 9.54. The van der Waals surface area contributed by atoms with Gasteiger partial charge in [-0.25, -0.2) is 9.78 Å². The van der Waals surface area contributed by atoms with Gasteiger partial charge in [0.25, 0.3) is 0 Å². The van der Waals surface area contributed by atoms with Crippen LogP contribution in [0.25, 0.3) is 0 Å². The SMILES string of the molecule is CNC(=O)C1CCCN(c2ccc(NC(=O)Nc3cccc(C)c3C)cn2)C1. The van der Waals surface area contributed by atoms with Crippen LogP contribution in [0, 0.1) is 19.8 Å². The molecular weight excluding hydrogens is 354 g/mol. The Labute approximate surface area is 165 Å². The van der Waals surface area contributed by atoms with Crippen LogP contribution in [0.3, 0.4) is 0 Å². The summed E-state index contributed by atoms with van der Waals surface area (Å²) < 4.78 is 0. The Balaban J connectivity index is 1.60. The topological polar surface area (TPSA) is 86.4 Å². The van der Waals surface area contributed by atoms with Crippen molar-refractivity contribution in [3.05, 3.63) is 47.7 Å². The van der Waals surface area contributed by atoms with Gasteiger partial charge < -0.3 is 20.9 Å². The first-order chi connectivity index (χ1) is 13.5. The zero-order chi connectivity index (χ0) is 20.1. The molecule has 28 heavy (non-hydrogen) atoms. The molecule has 0 radical (unpaired) electrons. The number of anilines is 3. The highest BCUT2D eigenvalue weighted by Crippen LogP contribution is 2.23. The number of amides is 3. The Morgan fingerprint density at radius 2 is 1.96 bits per heavy atom. The minimum atomic E-state index is -0.305. The summed E-state index contributed by atoms with van der Waals surface area (Å²) in [6.45, 7) is 5.52. The molecule has 1 aliphatic heterocycles. The second-order valence-corrected chi connectivity index (χ2v) is 7.13. The minimum absolute atomic E-state index is 0.0123. The number of rotatable bonds is 4. The van der Waals surface area contributed by atoms with Crippen LogP contribution in [0.1, 0.15) is 24.0 Å². The van der Waals surface area contributed by atoms with Crippen molar-refractivity contribution in [3.63, 3.8) is 0 Å². The number of carbonyl (C=O) groups is 2. The van der Waals surface area contributed by atoms with Crippen LogP contribution >= 0.6 is 0 Å². The van der Waals surface area contributed by atoms with Gasteiger partial charge in [0, 0.05) is 25.8 Å². The molecule has 1 saturated heterocycles. The van der Waals surface area contributed by atoms with Crippen LogP contribution in [0.15, 0.2) is 36.5 Å². The molecule has 1 aliphatic rings. The number of hydrogen-bond donors (Lipinski definition) is 3. The molecule has 1 fully saturated rings. The van der Waals surface area contributed by atoms with Crippen molar-refractivity contribution in [3.8, 4) is 0 Å². The summed E-state index contributed by atoms with van der Waals surface area (Å²) >= 11 is 0. The first-order valence-electron chi connectivity index (χ1n) is 9.54. The number of carbonyl (C=O) groups excluding carboxylic acids is 2. The summed E-state index contributed by atoms with van der Waals surface area (Å²) in [6, 6.07) is 9.20. The van der Waals surface area contributed by atoms with Crippen molar-refractivity contribution in [2.75, 3.05) is 35.7 Å². The number of nitrogens with zero attached hydrogens (tertiary/aromatic N) is 2. The molecule has 0 spiro atoms. The number of urea groups is 1. The van der Waals surface area contributed by atoms with Gasteiger partial charge in [-0.05, 0) is 56.0 Å². The van der Waals surface area contributed by atoms with E-state index in [-0.39, 0.29) is 17.9 Å². The Morgan fingerprint density at radius 3 is 2.68 bits per heavy atom. The van der Waals surface area contributed by atoms with Crippen LogP contribution in [-0.2, 0) is 4.79 Å². The van der Waals surface area contributed by atoms with Gasteiger partial charge in [0.1, 0.15) is 5.82 Å². The lowest BCUT2D eigenvalue weighted by atomic mass is 9.97. The number of hydrogen-bond acceptors (Lipinski definition) is 4. The van der Waals surface area contributed by atoms with Crippen molar-refractivity contribution in [1.82, 2.24) is 10.3 Å². The molecule has 7 nitrogen and oxygen atoms in total. The van der Waals surface area contributed by atoms with Crippen LogP contribution in [0.2, 0.25) is 0 Å². The number of benzene rings is 1. The lowest BCUT2D eigenvalue weighted by Crippen LogP contribution is -2.42. The molecule has 0 saturated carbocycles. The van der Waals surface area contributed by atoms with Gasteiger partial charge in [-0.15, -0.1) is 0 Å². The summed E-state index contributed by atoms with van der Waals surface area (Å²) in [5.41, 5.74) is 3.57. The second-order valence-electron chi connectivity index (χ2n) is 7.13. The summed E-state index contributed by atoms with van der Waals surface area (Å²) in [7, 11) is 1.67. The fourth-order valence-electron chi connectivity index (χ4n) is 3.42. The predicted octanol–water partition coefficient (Wildman–Crippen LogP) is 3.30. The van der Waals surface area contributed by atoms with Crippen LogP contribution in [0.4, 0.5) is 22.0 Å². The van der Waals surface area contributed by atoms with Crippen LogP contribution in [-0.4, -0.2) is 37.1 Å². The van der Waals surface area contributed by atoms with Crippen molar-refractivity contribution in [1.29, 1.82) is 0 Å². The Morgan fingerprint density at radius 1 is 1.14 bits per heavy atom. The van der Waals surface area contributed by atoms with Gasteiger partial charge in [-0.1, -0.05) is 12.1 Å². The maximum Gasteiger partial charge on any atom is 0.323 e.